The molecule has 0 unspecified atom stereocenters. The molecule has 0 aliphatic carbocycles. The van der Waals surface area contributed by atoms with Crippen molar-refractivity contribution in [2.45, 2.75) is 41.0 Å². The van der Waals surface area contributed by atoms with E-state index in [1.165, 1.54) is 0 Å². The fraction of sp³-hybridized carbons (Fsp3) is 0.625. The number of carbonyl (C=O) groups excluding carboxylic acids is 1. The van der Waals surface area contributed by atoms with Crippen molar-refractivity contribution in [1.82, 2.24) is 10.3 Å². The molecule has 0 aliphatic heterocycles. The van der Waals surface area contributed by atoms with E-state index >= 15 is 0 Å². The van der Waals surface area contributed by atoms with Crippen molar-refractivity contribution in [2.75, 3.05) is 18.9 Å². The van der Waals surface area contributed by atoms with Crippen molar-refractivity contribution in [1.29, 1.82) is 0 Å². The number of nitrogens with one attached hydrogen (secondary N) is 2. The van der Waals surface area contributed by atoms with E-state index in [9.17, 15) is 4.79 Å². The molecule has 20 heavy (non-hydrogen) atoms. The van der Waals surface area contributed by atoms with Gasteiger partial charge in [-0.15, -0.1) is 0 Å². The summed E-state index contributed by atoms with van der Waals surface area (Å²) in [6.07, 6.45) is 0.813. The van der Waals surface area contributed by atoms with Crippen LogP contribution in [0.25, 0.3) is 0 Å². The zero-order valence-corrected chi connectivity index (χ0v) is 13.5. The third-order valence-electron chi connectivity index (χ3n) is 4.03. The molecule has 0 atom stereocenters. The smallest absolute Gasteiger partial charge is 0.251 e. The first kappa shape index (κ1) is 16.5. The first-order valence-electron chi connectivity index (χ1n) is 7.27. The second-order valence-corrected chi connectivity index (χ2v) is 6.16. The highest BCUT2D eigenvalue weighted by Crippen LogP contribution is 2.24. The van der Waals surface area contributed by atoms with E-state index in [4.69, 9.17) is 0 Å². The van der Waals surface area contributed by atoms with Crippen molar-refractivity contribution in [3.8, 4) is 0 Å². The second kappa shape index (κ2) is 6.73. The van der Waals surface area contributed by atoms with E-state index < -0.39 is 0 Å². The highest BCUT2D eigenvalue weighted by Gasteiger charge is 2.23. The lowest BCUT2D eigenvalue weighted by Crippen LogP contribution is -2.37. The summed E-state index contributed by atoms with van der Waals surface area (Å²) in [6.45, 7) is 11.4. The van der Waals surface area contributed by atoms with Crippen LogP contribution in [0, 0.1) is 11.3 Å². The van der Waals surface area contributed by atoms with Gasteiger partial charge in [0.25, 0.3) is 5.91 Å². The molecule has 0 aromatic carbocycles. The van der Waals surface area contributed by atoms with E-state index in [2.05, 4.69) is 43.3 Å². The average molecular weight is 277 g/mol. The van der Waals surface area contributed by atoms with Gasteiger partial charge in [0.05, 0.1) is 0 Å². The molecular formula is C16H27N3O. The summed E-state index contributed by atoms with van der Waals surface area (Å²) in [5, 5.41) is 6.03. The van der Waals surface area contributed by atoms with Crippen LogP contribution in [0.15, 0.2) is 12.1 Å². The Labute approximate surface area is 122 Å². The average Bonchev–Trinajstić information content (AvgIpc) is 2.43. The highest BCUT2D eigenvalue weighted by atomic mass is 16.1. The molecule has 0 spiro atoms. The molecule has 4 nitrogen and oxygen atoms in total. The number of pyridine rings is 1. The number of hydrogen-bond donors (Lipinski definition) is 2. The molecule has 0 saturated carbocycles. The zero-order valence-electron chi connectivity index (χ0n) is 13.5. The SMILES string of the molecule is CCc1cc(C(=O)NCC(C)(C)C(C)C)cc(NC)n1. The summed E-state index contributed by atoms with van der Waals surface area (Å²) in [7, 11) is 1.81. The van der Waals surface area contributed by atoms with Crippen LogP contribution in [0.5, 0.6) is 0 Å². The Balaban J connectivity index is 2.82. The zero-order chi connectivity index (χ0) is 15.3. The largest absolute Gasteiger partial charge is 0.373 e. The van der Waals surface area contributed by atoms with Gasteiger partial charge in [-0.3, -0.25) is 4.79 Å². The predicted molar refractivity (Wildman–Crippen MR) is 84.1 cm³/mol. The van der Waals surface area contributed by atoms with Gasteiger partial charge < -0.3 is 10.6 Å². The highest BCUT2D eigenvalue weighted by molar-refractivity contribution is 5.95. The molecule has 0 bridgehead atoms. The van der Waals surface area contributed by atoms with Gasteiger partial charge in [-0.25, -0.2) is 4.98 Å². The Bertz CT molecular complexity index is 445. The summed E-state index contributed by atoms with van der Waals surface area (Å²) < 4.78 is 0. The summed E-state index contributed by atoms with van der Waals surface area (Å²) in [5.41, 5.74) is 1.67. The normalized spacial score (nSPS) is 11.6. The lowest BCUT2D eigenvalue weighted by atomic mass is 9.81. The van der Waals surface area contributed by atoms with Gasteiger partial charge in [-0.1, -0.05) is 34.6 Å². The number of aryl methyl sites for hydroxylation is 1. The van der Waals surface area contributed by atoms with Gasteiger partial charge in [-0.2, -0.15) is 0 Å². The number of nitrogens with zero attached hydrogens (tertiary/aromatic N) is 1. The molecule has 4 heteroatoms. The van der Waals surface area contributed by atoms with Crippen molar-refractivity contribution in [2.24, 2.45) is 11.3 Å². The quantitative estimate of drug-likeness (QED) is 0.840. The minimum atomic E-state index is -0.0349. The van der Waals surface area contributed by atoms with Crippen LogP contribution in [0.4, 0.5) is 5.82 Å². The number of rotatable bonds is 6. The van der Waals surface area contributed by atoms with Gasteiger partial charge in [-0.05, 0) is 29.9 Å². The monoisotopic (exact) mass is 277 g/mol. The van der Waals surface area contributed by atoms with E-state index in [1.807, 2.05) is 20.0 Å². The number of carbonyl (C=O) groups is 1. The molecular weight excluding hydrogens is 250 g/mol. The Morgan fingerprint density at radius 2 is 2.00 bits per heavy atom. The molecule has 0 radical (unpaired) electrons. The molecule has 1 aromatic heterocycles. The molecule has 0 aliphatic rings. The fourth-order valence-electron chi connectivity index (χ4n) is 1.64. The van der Waals surface area contributed by atoms with Crippen LogP contribution in [-0.2, 0) is 6.42 Å². The summed E-state index contributed by atoms with van der Waals surface area (Å²) in [6, 6.07) is 3.65. The Kier molecular flexibility index (Phi) is 5.54. The summed E-state index contributed by atoms with van der Waals surface area (Å²) >= 11 is 0. The van der Waals surface area contributed by atoms with Crippen LogP contribution in [-0.4, -0.2) is 24.5 Å². The molecule has 2 N–H and O–H groups in total. The predicted octanol–water partition coefficient (Wildman–Crippen LogP) is 3.10. The van der Waals surface area contributed by atoms with Crippen molar-refractivity contribution >= 4 is 11.7 Å². The lowest BCUT2D eigenvalue weighted by molar-refractivity contribution is 0.0924. The van der Waals surface area contributed by atoms with Gasteiger partial charge in [0, 0.05) is 24.8 Å². The van der Waals surface area contributed by atoms with E-state index in [1.54, 1.807) is 6.07 Å². The maximum atomic E-state index is 12.3. The van der Waals surface area contributed by atoms with E-state index in [0.717, 1.165) is 17.9 Å². The molecule has 1 heterocycles. The minimum Gasteiger partial charge on any atom is -0.373 e. The second-order valence-electron chi connectivity index (χ2n) is 6.16. The van der Waals surface area contributed by atoms with Crippen molar-refractivity contribution in [3.63, 3.8) is 0 Å². The van der Waals surface area contributed by atoms with Crippen LogP contribution < -0.4 is 10.6 Å². The maximum absolute atomic E-state index is 12.3. The van der Waals surface area contributed by atoms with Crippen LogP contribution in [0.3, 0.4) is 0 Å². The summed E-state index contributed by atoms with van der Waals surface area (Å²) in [4.78, 5) is 16.7. The molecule has 1 rings (SSSR count). The third kappa shape index (κ3) is 4.22. The molecule has 112 valence electrons. The number of amides is 1. The minimum absolute atomic E-state index is 0.0349. The Morgan fingerprint density at radius 3 is 2.50 bits per heavy atom. The molecule has 1 amide bonds. The Morgan fingerprint density at radius 1 is 1.35 bits per heavy atom. The van der Waals surface area contributed by atoms with Crippen molar-refractivity contribution < 1.29 is 4.79 Å². The van der Waals surface area contributed by atoms with E-state index in [-0.39, 0.29) is 11.3 Å². The molecule has 0 saturated heterocycles. The van der Waals surface area contributed by atoms with Gasteiger partial charge in [0.2, 0.25) is 0 Å². The van der Waals surface area contributed by atoms with Crippen LogP contribution in [0.1, 0.15) is 50.7 Å². The van der Waals surface area contributed by atoms with Crippen molar-refractivity contribution in [3.05, 3.63) is 23.4 Å². The van der Waals surface area contributed by atoms with Crippen LogP contribution in [0.2, 0.25) is 0 Å². The molecule has 0 fully saturated rings. The van der Waals surface area contributed by atoms with Gasteiger partial charge in [0.15, 0.2) is 0 Å². The topological polar surface area (TPSA) is 54.0 Å². The summed E-state index contributed by atoms with van der Waals surface area (Å²) in [5.74, 6) is 1.21. The van der Waals surface area contributed by atoms with Crippen LogP contribution >= 0.6 is 0 Å². The first-order chi connectivity index (χ1) is 9.30. The Hall–Kier alpha value is -1.58. The third-order valence-corrected chi connectivity index (χ3v) is 4.03. The van der Waals surface area contributed by atoms with Gasteiger partial charge >= 0.3 is 0 Å². The van der Waals surface area contributed by atoms with Gasteiger partial charge in [0.1, 0.15) is 5.82 Å². The van der Waals surface area contributed by atoms with E-state index in [0.29, 0.717) is 18.0 Å². The number of anilines is 1. The number of aromatic nitrogens is 1. The standard InChI is InChI=1S/C16H27N3O/c1-7-13-8-12(9-14(17-6)19-13)15(20)18-10-16(4,5)11(2)3/h8-9,11H,7,10H2,1-6H3,(H,17,19)(H,18,20). The maximum Gasteiger partial charge on any atom is 0.251 e. The molecule has 1 aromatic rings. The number of hydrogen-bond acceptors (Lipinski definition) is 3. The lowest BCUT2D eigenvalue weighted by Gasteiger charge is -2.29. The first-order valence-corrected chi connectivity index (χ1v) is 7.27. The fourth-order valence-corrected chi connectivity index (χ4v) is 1.64.